The van der Waals surface area contributed by atoms with E-state index in [1.165, 1.54) is 24.2 Å². The summed E-state index contributed by atoms with van der Waals surface area (Å²) in [6.45, 7) is 4.98. The number of thiophene rings is 1. The first-order chi connectivity index (χ1) is 10.0. The predicted octanol–water partition coefficient (Wildman–Crippen LogP) is 1.45. The van der Waals surface area contributed by atoms with Gasteiger partial charge in [0.25, 0.3) is 0 Å². The van der Waals surface area contributed by atoms with E-state index in [4.69, 9.17) is 5.73 Å². The lowest BCUT2D eigenvalue weighted by atomic mass is 9.99. The van der Waals surface area contributed by atoms with Crippen LogP contribution in [0.25, 0.3) is 0 Å². The van der Waals surface area contributed by atoms with Crippen molar-refractivity contribution in [1.29, 1.82) is 0 Å². The number of rotatable bonds is 3. The molecule has 1 aromatic heterocycles. The number of hydrogen-bond donors (Lipinski definition) is 1. The summed E-state index contributed by atoms with van der Waals surface area (Å²) in [5, 5.41) is 1.72. The summed E-state index contributed by atoms with van der Waals surface area (Å²) in [6, 6.07) is 2.14. The van der Waals surface area contributed by atoms with Gasteiger partial charge < -0.3 is 5.73 Å². The first-order valence-corrected chi connectivity index (χ1v) is 9.87. The van der Waals surface area contributed by atoms with Crippen molar-refractivity contribution in [2.75, 3.05) is 19.6 Å². The summed E-state index contributed by atoms with van der Waals surface area (Å²) in [4.78, 5) is 3.78. The molecule has 0 amide bonds. The van der Waals surface area contributed by atoms with E-state index in [-0.39, 0.29) is 6.04 Å². The summed E-state index contributed by atoms with van der Waals surface area (Å²) >= 11 is 1.42. The number of piperidine rings is 1. The van der Waals surface area contributed by atoms with Crippen molar-refractivity contribution in [3.63, 3.8) is 0 Å². The van der Waals surface area contributed by atoms with E-state index in [0.29, 0.717) is 24.0 Å². The molecule has 2 aliphatic rings. The van der Waals surface area contributed by atoms with Crippen LogP contribution >= 0.6 is 11.3 Å². The number of piperazine rings is 1. The molecule has 5 nitrogen and oxygen atoms in total. The van der Waals surface area contributed by atoms with Crippen LogP contribution < -0.4 is 5.73 Å². The van der Waals surface area contributed by atoms with Gasteiger partial charge in [-0.3, -0.25) is 4.90 Å². The Morgan fingerprint density at radius 1 is 1.38 bits per heavy atom. The average Bonchev–Trinajstić information content (AvgIpc) is 2.96. The zero-order valence-electron chi connectivity index (χ0n) is 12.4. The third kappa shape index (κ3) is 2.90. The van der Waals surface area contributed by atoms with Crippen LogP contribution in [0.4, 0.5) is 0 Å². The van der Waals surface area contributed by atoms with E-state index in [9.17, 15) is 8.42 Å². The Kier molecular flexibility index (Phi) is 4.38. The predicted molar refractivity (Wildman–Crippen MR) is 84.8 cm³/mol. The molecule has 0 saturated carbocycles. The minimum atomic E-state index is -3.39. The maximum atomic E-state index is 12.9. The summed E-state index contributed by atoms with van der Waals surface area (Å²) in [7, 11) is -3.39. The number of hydrogen-bond acceptors (Lipinski definition) is 5. The van der Waals surface area contributed by atoms with Crippen molar-refractivity contribution in [3.8, 4) is 0 Å². The fourth-order valence-corrected chi connectivity index (χ4v) is 6.20. The monoisotopic (exact) mass is 329 g/mol. The molecule has 21 heavy (non-hydrogen) atoms. The van der Waals surface area contributed by atoms with Crippen LogP contribution in [0, 0.1) is 0 Å². The highest BCUT2D eigenvalue weighted by Gasteiger charge is 2.39. The molecule has 2 N–H and O–H groups in total. The second-order valence-corrected chi connectivity index (χ2v) is 8.91. The van der Waals surface area contributed by atoms with Crippen LogP contribution in [0.5, 0.6) is 0 Å². The molecule has 2 fully saturated rings. The van der Waals surface area contributed by atoms with Gasteiger partial charge in [-0.2, -0.15) is 4.31 Å². The Balaban J connectivity index is 1.84. The molecular weight excluding hydrogens is 306 g/mol. The summed E-state index contributed by atoms with van der Waals surface area (Å²) in [6.07, 6.45) is 3.55. The van der Waals surface area contributed by atoms with Gasteiger partial charge in [0, 0.05) is 42.0 Å². The zero-order chi connectivity index (χ0) is 15.0. The quantitative estimate of drug-likeness (QED) is 0.911. The van der Waals surface area contributed by atoms with E-state index in [1.807, 2.05) is 6.92 Å². The van der Waals surface area contributed by atoms with Gasteiger partial charge >= 0.3 is 0 Å². The highest BCUT2D eigenvalue weighted by molar-refractivity contribution is 7.89. The fourth-order valence-electron chi connectivity index (χ4n) is 3.40. The Morgan fingerprint density at radius 3 is 2.90 bits per heavy atom. The van der Waals surface area contributed by atoms with Gasteiger partial charge in [-0.05, 0) is 32.4 Å². The zero-order valence-corrected chi connectivity index (χ0v) is 14.0. The second kappa shape index (κ2) is 5.96. The smallest absolute Gasteiger partial charge is 0.244 e. The number of nitrogens with two attached hydrogens (primary N) is 1. The van der Waals surface area contributed by atoms with Crippen molar-refractivity contribution >= 4 is 21.4 Å². The molecule has 3 rings (SSSR count). The molecular formula is C14H23N3O2S2. The highest BCUT2D eigenvalue weighted by atomic mass is 32.2. The topological polar surface area (TPSA) is 66.6 Å². The molecule has 3 heterocycles. The maximum Gasteiger partial charge on any atom is 0.244 e. The lowest BCUT2D eigenvalue weighted by Gasteiger charge is -2.46. The first kappa shape index (κ1) is 15.4. The summed E-state index contributed by atoms with van der Waals surface area (Å²) in [5.41, 5.74) is 5.59. The SMILES string of the molecule is CC1CN2CCCCC2CN1S(=O)(=O)c1csc(CN)c1. The van der Waals surface area contributed by atoms with Gasteiger partial charge in [-0.15, -0.1) is 11.3 Å². The molecule has 7 heteroatoms. The molecule has 0 spiro atoms. The molecule has 2 saturated heterocycles. The third-order valence-corrected chi connectivity index (χ3v) is 7.63. The number of nitrogens with zero attached hydrogens (tertiary/aromatic N) is 2. The Labute approximate surface area is 130 Å². The molecule has 2 aliphatic heterocycles. The molecule has 0 radical (unpaired) electrons. The maximum absolute atomic E-state index is 12.9. The van der Waals surface area contributed by atoms with Gasteiger partial charge in [0.05, 0.1) is 4.90 Å². The van der Waals surface area contributed by atoms with Gasteiger partial charge in [0.1, 0.15) is 0 Å². The normalized spacial score (nSPS) is 28.5. The number of fused-ring (bicyclic) bond motifs is 1. The van der Waals surface area contributed by atoms with E-state index < -0.39 is 10.0 Å². The molecule has 2 unspecified atom stereocenters. The Morgan fingerprint density at radius 2 is 2.19 bits per heavy atom. The van der Waals surface area contributed by atoms with Crippen LogP contribution in [-0.4, -0.2) is 49.3 Å². The Hall–Kier alpha value is -0.470. The van der Waals surface area contributed by atoms with Crippen molar-refractivity contribution in [1.82, 2.24) is 9.21 Å². The fraction of sp³-hybridized carbons (Fsp3) is 0.714. The molecule has 0 bridgehead atoms. The summed E-state index contributed by atoms with van der Waals surface area (Å²) in [5.74, 6) is 0. The third-order valence-electron chi connectivity index (χ3n) is 4.57. The molecule has 0 aromatic carbocycles. The van der Waals surface area contributed by atoms with Crippen molar-refractivity contribution < 1.29 is 8.42 Å². The average molecular weight is 329 g/mol. The standard InChI is InChI=1S/C14H23N3O2S2/c1-11-8-16-5-3-2-4-12(16)9-17(11)21(18,19)14-6-13(7-15)20-10-14/h6,10-12H,2-5,7-9,15H2,1H3. The lowest BCUT2D eigenvalue weighted by molar-refractivity contribution is 0.0564. The van der Waals surface area contributed by atoms with Crippen LogP contribution in [0.15, 0.2) is 16.3 Å². The largest absolute Gasteiger partial charge is 0.326 e. The van der Waals surface area contributed by atoms with Crippen molar-refractivity contribution in [3.05, 3.63) is 16.3 Å². The van der Waals surface area contributed by atoms with Crippen LogP contribution in [-0.2, 0) is 16.6 Å². The van der Waals surface area contributed by atoms with Crippen LogP contribution in [0.3, 0.4) is 0 Å². The van der Waals surface area contributed by atoms with Gasteiger partial charge in [-0.25, -0.2) is 8.42 Å². The molecule has 118 valence electrons. The van der Waals surface area contributed by atoms with E-state index in [0.717, 1.165) is 24.4 Å². The second-order valence-electron chi connectivity index (χ2n) is 6.02. The molecule has 1 aromatic rings. The Bertz CT molecular complexity index is 599. The minimum Gasteiger partial charge on any atom is -0.326 e. The van der Waals surface area contributed by atoms with E-state index in [1.54, 1.807) is 15.8 Å². The van der Waals surface area contributed by atoms with Gasteiger partial charge in [0.2, 0.25) is 10.0 Å². The van der Waals surface area contributed by atoms with Crippen molar-refractivity contribution in [2.24, 2.45) is 5.73 Å². The lowest BCUT2D eigenvalue weighted by Crippen LogP contribution is -2.59. The van der Waals surface area contributed by atoms with Crippen molar-refractivity contribution in [2.45, 2.75) is 49.7 Å². The van der Waals surface area contributed by atoms with Gasteiger partial charge in [0.15, 0.2) is 0 Å². The highest BCUT2D eigenvalue weighted by Crippen LogP contribution is 2.30. The molecule has 2 atom stereocenters. The van der Waals surface area contributed by atoms with Gasteiger partial charge in [-0.1, -0.05) is 6.42 Å². The minimum absolute atomic E-state index is 0.0329. The van der Waals surface area contributed by atoms with Crippen LogP contribution in [0.2, 0.25) is 0 Å². The first-order valence-electron chi connectivity index (χ1n) is 7.55. The van der Waals surface area contributed by atoms with Crippen LogP contribution in [0.1, 0.15) is 31.1 Å². The van der Waals surface area contributed by atoms with E-state index in [2.05, 4.69) is 4.90 Å². The molecule has 0 aliphatic carbocycles. The number of sulfonamides is 1. The summed E-state index contributed by atoms with van der Waals surface area (Å²) < 4.78 is 27.4. The van der Waals surface area contributed by atoms with E-state index >= 15 is 0 Å².